The SMILES string of the molecule is CCCCCCCCCCCCCCCCCCCC(=O)OC(CCCCCCCCCCCCC)C(=O)O. The van der Waals surface area contributed by atoms with Crippen molar-refractivity contribution in [1.82, 2.24) is 0 Å². The van der Waals surface area contributed by atoms with Crippen molar-refractivity contribution < 1.29 is 19.4 Å². The topological polar surface area (TPSA) is 63.6 Å². The summed E-state index contributed by atoms with van der Waals surface area (Å²) in [5, 5.41) is 9.43. The smallest absolute Gasteiger partial charge is 0.345 e. The van der Waals surface area contributed by atoms with Gasteiger partial charge in [0, 0.05) is 6.42 Å². The normalized spacial score (nSPS) is 12.1. The maximum Gasteiger partial charge on any atom is 0.345 e. The second kappa shape index (κ2) is 31.5. The summed E-state index contributed by atoms with van der Waals surface area (Å²) in [7, 11) is 0. The van der Waals surface area contributed by atoms with E-state index in [1.54, 1.807) is 0 Å². The zero-order valence-electron chi connectivity index (χ0n) is 26.5. The number of esters is 1. The van der Waals surface area contributed by atoms with Crippen LogP contribution in [0.5, 0.6) is 0 Å². The molecule has 4 heteroatoms. The molecule has 0 aromatic rings. The standard InChI is InChI=1S/C35H68O4/c1-3-5-7-9-11-13-15-16-17-18-19-20-22-24-26-28-30-32-34(36)39-33(35(37)38)31-29-27-25-23-21-14-12-10-8-6-4-2/h33H,3-32H2,1-2H3,(H,37,38). The molecular formula is C35H68O4. The fourth-order valence-corrected chi connectivity index (χ4v) is 5.44. The molecule has 0 fully saturated rings. The molecule has 0 aliphatic carbocycles. The van der Waals surface area contributed by atoms with Gasteiger partial charge in [0.2, 0.25) is 0 Å². The van der Waals surface area contributed by atoms with E-state index < -0.39 is 12.1 Å². The van der Waals surface area contributed by atoms with Crippen LogP contribution in [-0.2, 0) is 14.3 Å². The lowest BCUT2D eigenvalue weighted by Gasteiger charge is -2.13. The maximum absolute atomic E-state index is 12.1. The Kier molecular flexibility index (Phi) is 30.6. The quantitative estimate of drug-likeness (QED) is 0.0665. The Morgan fingerprint density at radius 1 is 0.462 bits per heavy atom. The minimum absolute atomic E-state index is 0.341. The molecule has 0 spiro atoms. The Bertz CT molecular complexity index is 519. The van der Waals surface area contributed by atoms with Gasteiger partial charge in [0.1, 0.15) is 0 Å². The molecule has 0 amide bonds. The third-order valence-electron chi connectivity index (χ3n) is 8.10. The molecule has 0 heterocycles. The third kappa shape index (κ3) is 29.7. The molecule has 0 aliphatic heterocycles. The molecule has 0 aliphatic rings. The first kappa shape index (κ1) is 37.9. The molecule has 232 valence electrons. The summed E-state index contributed by atoms with van der Waals surface area (Å²) in [4.78, 5) is 23.6. The van der Waals surface area contributed by atoms with Gasteiger partial charge in [-0.1, -0.05) is 181 Å². The van der Waals surface area contributed by atoms with Gasteiger partial charge < -0.3 is 9.84 Å². The maximum atomic E-state index is 12.1. The predicted molar refractivity (Wildman–Crippen MR) is 167 cm³/mol. The number of carboxylic acids is 1. The van der Waals surface area contributed by atoms with Crippen molar-refractivity contribution in [2.75, 3.05) is 0 Å². The molecule has 1 N–H and O–H groups in total. The predicted octanol–water partition coefficient (Wildman–Crippen LogP) is 11.7. The van der Waals surface area contributed by atoms with Crippen LogP contribution in [0.1, 0.15) is 206 Å². The van der Waals surface area contributed by atoms with E-state index in [9.17, 15) is 14.7 Å². The van der Waals surface area contributed by atoms with Gasteiger partial charge in [-0.25, -0.2) is 4.79 Å². The molecule has 0 radical (unpaired) electrons. The van der Waals surface area contributed by atoms with Crippen LogP contribution in [0.4, 0.5) is 0 Å². The Labute approximate surface area is 243 Å². The lowest BCUT2D eigenvalue weighted by Crippen LogP contribution is -2.27. The van der Waals surface area contributed by atoms with Gasteiger partial charge in [-0.15, -0.1) is 0 Å². The van der Waals surface area contributed by atoms with Gasteiger partial charge in [-0.2, -0.15) is 0 Å². The molecule has 0 aromatic carbocycles. The summed E-state index contributed by atoms with van der Waals surface area (Å²) in [6.45, 7) is 4.53. The van der Waals surface area contributed by atoms with Crippen molar-refractivity contribution in [3.63, 3.8) is 0 Å². The summed E-state index contributed by atoms with van der Waals surface area (Å²) in [6, 6.07) is 0. The fraction of sp³-hybridized carbons (Fsp3) is 0.943. The van der Waals surface area contributed by atoms with Crippen molar-refractivity contribution in [1.29, 1.82) is 0 Å². The number of unbranched alkanes of at least 4 members (excludes halogenated alkanes) is 26. The number of carboxylic acid groups (broad SMARTS) is 1. The third-order valence-corrected chi connectivity index (χ3v) is 8.10. The largest absolute Gasteiger partial charge is 0.479 e. The van der Waals surface area contributed by atoms with E-state index >= 15 is 0 Å². The van der Waals surface area contributed by atoms with Crippen molar-refractivity contribution in [2.24, 2.45) is 0 Å². The number of hydrogen-bond donors (Lipinski definition) is 1. The first-order valence-corrected chi connectivity index (χ1v) is 17.5. The van der Waals surface area contributed by atoms with Crippen molar-refractivity contribution in [3.8, 4) is 0 Å². The van der Waals surface area contributed by atoms with Crippen LogP contribution >= 0.6 is 0 Å². The summed E-state index contributed by atoms with van der Waals surface area (Å²) in [6.07, 6.45) is 35.6. The van der Waals surface area contributed by atoms with Gasteiger partial charge in [0.25, 0.3) is 0 Å². The van der Waals surface area contributed by atoms with Gasteiger partial charge >= 0.3 is 11.9 Å². The van der Waals surface area contributed by atoms with Gasteiger partial charge in [0.05, 0.1) is 0 Å². The highest BCUT2D eigenvalue weighted by Crippen LogP contribution is 2.16. The van der Waals surface area contributed by atoms with Crippen LogP contribution in [0.2, 0.25) is 0 Å². The molecule has 39 heavy (non-hydrogen) atoms. The van der Waals surface area contributed by atoms with Crippen LogP contribution in [0.15, 0.2) is 0 Å². The molecule has 0 bridgehead atoms. The van der Waals surface area contributed by atoms with Crippen molar-refractivity contribution in [2.45, 2.75) is 213 Å². The number of carbonyl (C=O) groups is 2. The monoisotopic (exact) mass is 553 g/mol. The molecule has 0 aromatic heterocycles. The summed E-state index contributed by atoms with van der Waals surface area (Å²) < 4.78 is 5.29. The van der Waals surface area contributed by atoms with Crippen LogP contribution in [0, 0.1) is 0 Å². The summed E-state index contributed by atoms with van der Waals surface area (Å²) >= 11 is 0. The highest BCUT2D eigenvalue weighted by atomic mass is 16.6. The molecule has 0 saturated carbocycles. The van der Waals surface area contributed by atoms with Crippen LogP contribution in [-0.4, -0.2) is 23.1 Å². The zero-order valence-corrected chi connectivity index (χ0v) is 26.5. The van der Waals surface area contributed by atoms with Crippen LogP contribution in [0.3, 0.4) is 0 Å². The molecule has 1 unspecified atom stereocenters. The number of carbonyl (C=O) groups excluding carboxylic acids is 1. The first-order chi connectivity index (χ1) is 19.1. The number of hydrogen-bond acceptors (Lipinski definition) is 3. The molecule has 4 nitrogen and oxygen atoms in total. The second-order valence-electron chi connectivity index (χ2n) is 12.0. The average Bonchev–Trinajstić information content (AvgIpc) is 2.92. The zero-order chi connectivity index (χ0) is 28.7. The fourth-order valence-electron chi connectivity index (χ4n) is 5.44. The number of ether oxygens (including phenoxy) is 1. The Hall–Kier alpha value is -1.06. The molecule has 0 rings (SSSR count). The Morgan fingerprint density at radius 3 is 1.05 bits per heavy atom. The lowest BCUT2D eigenvalue weighted by molar-refractivity contribution is -0.164. The minimum Gasteiger partial charge on any atom is -0.479 e. The first-order valence-electron chi connectivity index (χ1n) is 17.5. The second-order valence-corrected chi connectivity index (χ2v) is 12.0. The molecule has 1 atom stereocenters. The van der Waals surface area contributed by atoms with Gasteiger partial charge in [-0.05, 0) is 19.3 Å². The van der Waals surface area contributed by atoms with Gasteiger partial charge in [0.15, 0.2) is 6.10 Å². The van der Waals surface area contributed by atoms with Crippen LogP contribution in [0.25, 0.3) is 0 Å². The van der Waals surface area contributed by atoms with E-state index in [1.165, 1.54) is 141 Å². The molecule has 0 saturated heterocycles. The summed E-state index contributed by atoms with van der Waals surface area (Å²) in [5.41, 5.74) is 0. The Balaban J connectivity index is 3.50. The van der Waals surface area contributed by atoms with E-state index in [-0.39, 0.29) is 5.97 Å². The van der Waals surface area contributed by atoms with Crippen LogP contribution < -0.4 is 0 Å². The van der Waals surface area contributed by atoms with Gasteiger partial charge in [-0.3, -0.25) is 4.79 Å². The number of aliphatic carboxylic acids is 1. The average molecular weight is 553 g/mol. The van der Waals surface area contributed by atoms with E-state index in [1.807, 2.05) is 0 Å². The van der Waals surface area contributed by atoms with E-state index in [4.69, 9.17) is 4.74 Å². The lowest BCUT2D eigenvalue weighted by atomic mass is 10.0. The van der Waals surface area contributed by atoms with Crippen molar-refractivity contribution in [3.05, 3.63) is 0 Å². The summed E-state index contributed by atoms with van der Waals surface area (Å²) in [5.74, 6) is -1.34. The highest BCUT2D eigenvalue weighted by Gasteiger charge is 2.21. The number of rotatable bonds is 32. The van der Waals surface area contributed by atoms with E-state index in [0.717, 1.165) is 38.5 Å². The van der Waals surface area contributed by atoms with E-state index in [2.05, 4.69) is 13.8 Å². The highest BCUT2D eigenvalue weighted by molar-refractivity contribution is 5.77. The minimum atomic E-state index is -1.00. The van der Waals surface area contributed by atoms with Crippen molar-refractivity contribution >= 4 is 11.9 Å². The van der Waals surface area contributed by atoms with E-state index in [0.29, 0.717) is 12.8 Å². The molecular weight excluding hydrogens is 484 g/mol. The Morgan fingerprint density at radius 2 is 0.744 bits per heavy atom.